The van der Waals surface area contributed by atoms with Crippen LogP contribution in [0.15, 0.2) is 18.2 Å². The fourth-order valence-electron chi connectivity index (χ4n) is 1.51. The van der Waals surface area contributed by atoms with Crippen LogP contribution in [0.4, 0.5) is 0 Å². The van der Waals surface area contributed by atoms with Gasteiger partial charge in [0.25, 0.3) is 5.91 Å². The molecule has 0 heterocycles. The Morgan fingerprint density at radius 1 is 1.35 bits per heavy atom. The topological polar surface area (TPSA) is 75.4 Å². The fraction of sp³-hybridized carbons (Fsp3) is 0.333. The molecule has 0 aliphatic rings. The van der Waals surface area contributed by atoms with E-state index >= 15 is 0 Å². The number of carbonyl (C=O) groups excluding carboxylic acids is 2. The van der Waals surface area contributed by atoms with Gasteiger partial charge in [-0.3, -0.25) is 9.59 Å². The second-order valence-corrected chi connectivity index (χ2v) is 4.51. The first-order valence-electron chi connectivity index (χ1n) is 6.23. The number of nitrogens with zero attached hydrogens (tertiary/aromatic N) is 1. The zero-order valence-electron chi connectivity index (χ0n) is 12.0. The van der Waals surface area contributed by atoms with E-state index in [9.17, 15) is 9.59 Å². The average Bonchev–Trinajstić information content (AvgIpc) is 2.42. The summed E-state index contributed by atoms with van der Waals surface area (Å²) in [6.07, 6.45) is 0. The molecule has 0 saturated heterocycles. The Morgan fingerprint density at radius 3 is 2.60 bits per heavy atom. The molecule has 0 aliphatic carbocycles. The minimum Gasteiger partial charge on any atom is -0.347 e. The number of amides is 2. The highest BCUT2D eigenvalue weighted by Crippen LogP contribution is 2.10. The van der Waals surface area contributed by atoms with Gasteiger partial charge in [-0.2, -0.15) is 0 Å². The van der Waals surface area contributed by atoms with Crippen LogP contribution in [0.5, 0.6) is 0 Å². The summed E-state index contributed by atoms with van der Waals surface area (Å²) in [6.45, 7) is 2.16. The van der Waals surface area contributed by atoms with Gasteiger partial charge in [0.1, 0.15) is 0 Å². The van der Waals surface area contributed by atoms with Crippen LogP contribution in [0.25, 0.3) is 0 Å². The molecular formula is C15H19N3O2. The third kappa shape index (κ3) is 4.41. The Hall–Kier alpha value is -2.32. The summed E-state index contributed by atoms with van der Waals surface area (Å²) in [5.41, 5.74) is 7.57. The van der Waals surface area contributed by atoms with Crippen LogP contribution in [0.1, 0.15) is 21.5 Å². The van der Waals surface area contributed by atoms with Gasteiger partial charge in [0.15, 0.2) is 0 Å². The molecule has 106 valence electrons. The highest BCUT2D eigenvalue weighted by atomic mass is 16.2. The predicted octanol–water partition coefficient (Wildman–Crippen LogP) is 0.123. The smallest absolute Gasteiger partial charge is 0.251 e. The second kappa shape index (κ2) is 7.31. The van der Waals surface area contributed by atoms with Crippen LogP contribution in [0.3, 0.4) is 0 Å². The number of aryl methyl sites for hydroxylation is 1. The Bertz CT molecular complexity index is 568. The fourth-order valence-corrected chi connectivity index (χ4v) is 1.51. The van der Waals surface area contributed by atoms with Crippen molar-refractivity contribution in [1.29, 1.82) is 0 Å². The first kappa shape index (κ1) is 15.7. The van der Waals surface area contributed by atoms with Crippen LogP contribution in [-0.4, -0.2) is 43.9 Å². The molecule has 1 aromatic carbocycles. The van der Waals surface area contributed by atoms with Gasteiger partial charge in [-0.05, 0) is 30.7 Å². The molecule has 5 heteroatoms. The van der Waals surface area contributed by atoms with Gasteiger partial charge in [-0.1, -0.05) is 11.8 Å². The molecule has 5 nitrogen and oxygen atoms in total. The van der Waals surface area contributed by atoms with E-state index in [2.05, 4.69) is 17.2 Å². The van der Waals surface area contributed by atoms with Gasteiger partial charge < -0.3 is 16.0 Å². The summed E-state index contributed by atoms with van der Waals surface area (Å²) >= 11 is 0. The normalized spacial score (nSPS) is 9.40. The molecule has 3 N–H and O–H groups in total. The average molecular weight is 273 g/mol. The van der Waals surface area contributed by atoms with Gasteiger partial charge in [0, 0.05) is 25.2 Å². The molecule has 20 heavy (non-hydrogen) atoms. The summed E-state index contributed by atoms with van der Waals surface area (Å²) < 4.78 is 0. The van der Waals surface area contributed by atoms with Crippen LogP contribution in [-0.2, 0) is 4.79 Å². The van der Waals surface area contributed by atoms with Crippen LogP contribution in [0.2, 0.25) is 0 Å². The Balaban J connectivity index is 2.75. The lowest BCUT2D eigenvalue weighted by atomic mass is 10.0. The van der Waals surface area contributed by atoms with E-state index in [0.29, 0.717) is 12.1 Å². The maximum Gasteiger partial charge on any atom is 0.251 e. The quantitative estimate of drug-likeness (QED) is 0.768. The number of hydrogen-bond donors (Lipinski definition) is 2. The summed E-state index contributed by atoms with van der Waals surface area (Å²) in [5, 5.41) is 2.58. The number of nitrogens with one attached hydrogen (secondary N) is 1. The van der Waals surface area contributed by atoms with Crippen molar-refractivity contribution in [2.24, 2.45) is 5.73 Å². The number of carbonyl (C=O) groups is 2. The van der Waals surface area contributed by atoms with Crippen molar-refractivity contribution in [2.45, 2.75) is 6.92 Å². The maximum absolute atomic E-state index is 11.9. The molecule has 0 unspecified atom stereocenters. The van der Waals surface area contributed by atoms with Gasteiger partial charge in [0.05, 0.1) is 13.1 Å². The van der Waals surface area contributed by atoms with Gasteiger partial charge in [-0.25, -0.2) is 0 Å². The van der Waals surface area contributed by atoms with E-state index in [4.69, 9.17) is 5.73 Å². The van der Waals surface area contributed by atoms with Crippen molar-refractivity contribution in [3.05, 3.63) is 34.9 Å². The molecule has 1 aromatic rings. The van der Waals surface area contributed by atoms with E-state index in [0.717, 1.165) is 11.1 Å². The lowest BCUT2D eigenvalue weighted by Crippen LogP contribution is -2.36. The highest BCUT2D eigenvalue weighted by Gasteiger charge is 2.10. The monoisotopic (exact) mass is 273 g/mol. The van der Waals surface area contributed by atoms with E-state index in [1.165, 1.54) is 4.90 Å². The number of rotatable bonds is 3. The largest absolute Gasteiger partial charge is 0.347 e. The minimum atomic E-state index is -0.276. The zero-order valence-corrected chi connectivity index (χ0v) is 12.0. The molecule has 0 aliphatic heterocycles. The highest BCUT2D eigenvalue weighted by molar-refractivity contribution is 5.96. The van der Waals surface area contributed by atoms with Crippen molar-refractivity contribution >= 4 is 11.8 Å². The summed E-state index contributed by atoms with van der Waals surface area (Å²) in [5.74, 6) is 5.28. The molecule has 0 radical (unpaired) electrons. The SMILES string of the molecule is Cc1cc(C(=O)NCC(=O)N(C)C)ccc1C#CCN. The van der Waals surface area contributed by atoms with Gasteiger partial charge in [-0.15, -0.1) is 0 Å². The van der Waals surface area contributed by atoms with Gasteiger partial charge in [0.2, 0.25) is 5.91 Å². The first-order chi connectivity index (χ1) is 9.45. The number of hydrogen-bond acceptors (Lipinski definition) is 3. The van der Waals surface area contributed by atoms with E-state index in [1.54, 1.807) is 32.3 Å². The van der Waals surface area contributed by atoms with Crippen LogP contribution >= 0.6 is 0 Å². The molecule has 0 bridgehead atoms. The second-order valence-electron chi connectivity index (χ2n) is 4.51. The minimum absolute atomic E-state index is 0.0143. The molecule has 0 saturated carbocycles. The summed E-state index contributed by atoms with van der Waals surface area (Å²) in [4.78, 5) is 24.7. The molecule has 0 aromatic heterocycles. The van der Waals surface area contributed by atoms with Crippen molar-refractivity contribution in [3.8, 4) is 11.8 Å². The van der Waals surface area contributed by atoms with Crippen LogP contribution in [0, 0.1) is 18.8 Å². The molecule has 0 spiro atoms. The summed E-state index contributed by atoms with van der Waals surface area (Å²) in [6, 6.07) is 5.21. The van der Waals surface area contributed by atoms with Crippen molar-refractivity contribution < 1.29 is 9.59 Å². The molecule has 1 rings (SSSR count). The molecular weight excluding hydrogens is 254 g/mol. The van der Waals surface area contributed by atoms with E-state index in [1.807, 2.05) is 6.92 Å². The van der Waals surface area contributed by atoms with Crippen molar-refractivity contribution in [2.75, 3.05) is 27.2 Å². The molecule has 0 fully saturated rings. The maximum atomic E-state index is 11.9. The Kier molecular flexibility index (Phi) is 5.75. The number of nitrogens with two attached hydrogens (primary N) is 1. The van der Waals surface area contributed by atoms with E-state index < -0.39 is 0 Å². The third-order valence-electron chi connectivity index (χ3n) is 2.71. The van der Waals surface area contributed by atoms with E-state index in [-0.39, 0.29) is 18.4 Å². The summed E-state index contributed by atoms with van der Waals surface area (Å²) in [7, 11) is 3.28. The van der Waals surface area contributed by atoms with Crippen molar-refractivity contribution in [1.82, 2.24) is 10.2 Å². The number of likely N-dealkylation sites (N-methyl/N-ethyl adjacent to an activating group) is 1. The zero-order chi connectivity index (χ0) is 15.1. The van der Waals surface area contributed by atoms with Gasteiger partial charge >= 0.3 is 0 Å². The Labute approximate surface area is 119 Å². The predicted molar refractivity (Wildman–Crippen MR) is 78.1 cm³/mol. The molecule has 0 atom stereocenters. The molecule has 2 amide bonds. The first-order valence-corrected chi connectivity index (χ1v) is 6.23. The van der Waals surface area contributed by atoms with Crippen molar-refractivity contribution in [3.63, 3.8) is 0 Å². The van der Waals surface area contributed by atoms with Crippen LogP contribution < -0.4 is 11.1 Å². The standard InChI is InChI=1S/C15H19N3O2/c1-11-9-13(7-6-12(11)5-4-8-16)15(20)17-10-14(19)18(2)3/h6-7,9H,8,10,16H2,1-3H3,(H,17,20). The Morgan fingerprint density at radius 2 is 2.05 bits per heavy atom. The number of benzene rings is 1. The lowest BCUT2D eigenvalue weighted by Gasteiger charge is -2.11. The lowest BCUT2D eigenvalue weighted by molar-refractivity contribution is -0.127. The third-order valence-corrected chi connectivity index (χ3v) is 2.71.